The van der Waals surface area contributed by atoms with Crippen LogP contribution >= 0.6 is 0 Å². The second-order valence-electron chi connectivity index (χ2n) is 5.56. The van der Waals surface area contributed by atoms with E-state index in [1.165, 1.54) is 0 Å². The Balaban J connectivity index is 2.50. The fourth-order valence-corrected chi connectivity index (χ4v) is 2.75. The summed E-state index contributed by atoms with van der Waals surface area (Å²) in [5.74, 6) is -0.883. The zero-order valence-electron chi connectivity index (χ0n) is 12.8. The molecule has 1 unspecified atom stereocenters. The summed E-state index contributed by atoms with van der Waals surface area (Å²) >= 11 is 0. The van der Waals surface area contributed by atoms with E-state index in [0.29, 0.717) is 26.0 Å². The van der Waals surface area contributed by atoms with Crippen molar-refractivity contribution in [1.29, 1.82) is 0 Å². The van der Waals surface area contributed by atoms with E-state index in [-0.39, 0.29) is 18.6 Å². The summed E-state index contributed by atoms with van der Waals surface area (Å²) in [6.07, 6.45) is 4.13. The number of carboxylic acid groups (broad SMARTS) is 1. The molecule has 0 heterocycles. The standard InChI is InChI=1S/C14H26N2O5/c1-20-10-11(21-2)9-15-13(19)16-14(8-12(17)18)6-4-3-5-7-14/h11H,3-10H2,1-2H3,(H,17,18)(H2,15,16,19). The van der Waals surface area contributed by atoms with Gasteiger partial charge in [-0.05, 0) is 12.8 Å². The molecule has 1 fully saturated rings. The highest BCUT2D eigenvalue weighted by molar-refractivity contribution is 5.76. The van der Waals surface area contributed by atoms with Gasteiger partial charge in [0.2, 0.25) is 0 Å². The fraction of sp³-hybridized carbons (Fsp3) is 0.857. The first kappa shape index (κ1) is 17.7. The van der Waals surface area contributed by atoms with Crippen molar-refractivity contribution in [3.05, 3.63) is 0 Å². The molecule has 0 spiro atoms. The molecule has 0 aliphatic heterocycles. The van der Waals surface area contributed by atoms with E-state index in [1.807, 2.05) is 0 Å². The van der Waals surface area contributed by atoms with Crippen molar-refractivity contribution in [2.24, 2.45) is 0 Å². The third kappa shape index (κ3) is 6.31. The lowest BCUT2D eigenvalue weighted by Crippen LogP contribution is -2.55. The van der Waals surface area contributed by atoms with E-state index in [9.17, 15) is 9.59 Å². The Hall–Kier alpha value is -1.34. The molecule has 0 aromatic rings. The zero-order valence-corrected chi connectivity index (χ0v) is 12.8. The maximum absolute atomic E-state index is 12.0. The number of hydrogen-bond acceptors (Lipinski definition) is 4. The highest BCUT2D eigenvalue weighted by Crippen LogP contribution is 2.31. The van der Waals surface area contributed by atoms with Crippen LogP contribution < -0.4 is 10.6 Å². The number of aliphatic carboxylic acids is 1. The molecule has 0 bridgehead atoms. The number of methoxy groups -OCH3 is 2. The third-order valence-electron chi connectivity index (χ3n) is 3.86. The van der Waals surface area contributed by atoms with Gasteiger partial charge in [0.1, 0.15) is 0 Å². The van der Waals surface area contributed by atoms with E-state index in [1.54, 1.807) is 14.2 Å². The van der Waals surface area contributed by atoms with E-state index in [0.717, 1.165) is 19.3 Å². The maximum Gasteiger partial charge on any atom is 0.315 e. The van der Waals surface area contributed by atoms with Crippen molar-refractivity contribution in [3.8, 4) is 0 Å². The first-order chi connectivity index (χ1) is 10.0. The molecule has 1 rings (SSSR count). The topological polar surface area (TPSA) is 96.9 Å². The van der Waals surface area contributed by atoms with Crippen LogP contribution in [-0.4, -0.2) is 56.1 Å². The monoisotopic (exact) mass is 302 g/mol. The molecule has 7 heteroatoms. The van der Waals surface area contributed by atoms with E-state index in [4.69, 9.17) is 14.6 Å². The van der Waals surface area contributed by atoms with Crippen molar-refractivity contribution in [1.82, 2.24) is 10.6 Å². The molecule has 0 aromatic heterocycles. The van der Waals surface area contributed by atoms with Gasteiger partial charge in [-0.3, -0.25) is 4.79 Å². The molecule has 1 saturated carbocycles. The Morgan fingerprint density at radius 3 is 2.43 bits per heavy atom. The van der Waals surface area contributed by atoms with Gasteiger partial charge in [0.15, 0.2) is 0 Å². The Bertz CT molecular complexity index is 342. The minimum absolute atomic E-state index is 0.0355. The van der Waals surface area contributed by atoms with Crippen LogP contribution in [0.2, 0.25) is 0 Å². The predicted octanol–water partition coefficient (Wildman–Crippen LogP) is 1.12. The lowest BCUT2D eigenvalue weighted by atomic mass is 9.79. The van der Waals surface area contributed by atoms with Crippen molar-refractivity contribution in [2.75, 3.05) is 27.4 Å². The first-order valence-corrected chi connectivity index (χ1v) is 7.31. The first-order valence-electron chi connectivity index (χ1n) is 7.31. The van der Waals surface area contributed by atoms with Crippen LogP contribution in [0.3, 0.4) is 0 Å². The summed E-state index contributed by atoms with van der Waals surface area (Å²) in [5.41, 5.74) is -0.627. The largest absolute Gasteiger partial charge is 0.481 e. The second-order valence-corrected chi connectivity index (χ2v) is 5.56. The molecule has 3 N–H and O–H groups in total. The van der Waals surface area contributed by atoms with Crippen LogP contribution in [0.4, 0.5) is 4.79 Å². The average Bonchev–Trinajstić information content (AvgIpc) is 2.43. The van der Waals surface area contributed by atoms with Crippen LogP contribution in [0.1, 0.15) is 38.5 Å². The Kier molecular flexibility index (Phi) is 7.45. The molecule has 1 aliphatic rings. The van der Waals surface area contributed by atoms with Crippen LogP contribution in [0.5, 0.6) is 0 Å². The van der Waals surface area contributed by atoms with Crippen LogP contribution in [0.15, 0.2) is 0 Å². The highest BCUT2D eigenvalue weighted by Gasteiger charge is 2.35. The van der Waals surface area contributed by atoms with Gasteiger partial charge in [-0.25, -0.2) is 4.79 Å². The van der Waals surface area contributed by atoms with Gasteiger partial charge >= 0.3 is 12.0 Å². The second kappa shape index (κ2) is 8.84. The quantitative estimate of drug-likeness (QED) is 0.624. The van der Waals surface area contributed by atoms with Crippen molar-refractivity contribution >= 4 is 12.0 Å². The smallest absolute Gasteiger partial charge is 0.315 e. The Morgan fingerprint density at radius 1 is 1.24 bits per heavy atom. The number of nitrogens with one attached hydrogen (secondary N) is 2. The number of carbonyl (C=O) groups is 2. The number of rotatable bonds is 8. The summed E-state index contributed by atoms with van der Waals surface area (Å²) in [6.45, 7) is 0.705. The van der Waals surface area contributed by atoms with Crippen molar-refractivity contribution in [3.63, 3.8) is 0 Å². The van der Waals surface area contributed by atoms with E-state index >= 15 is 0 Å². The SMILES string of the molecule is COCC(CNC(=O)NC1(CC(=O)O)CCCCC1)OC. The molecule has 0 radical (unpaired) electrons. The lowest BCUT2D eigenvalue weighted by Gasteiger charge is -2.37. The summed E-state index contributed by atoms with van der Waals surface area (Å²) in [4.78, 5) is 23.1. The van der Waals surface area contributed by atoms with Crippen molar-refractivity contribution < 1.29 is 24.2 Å². The molecule has 0 saturated heterocycles. The fourth-order valence-electron chi connectivity index (χ4n) is 2.75. The van der Waals surface area contributed by atoms with Gasteiger partial charge < -0.3 is 25.2 Å². The minimum atomic E-state index is -0.883. The summed E-state index contributed by atoms with van der Waals surface area (Å²) in [7, 11) is 3.12. The molecule has 0 aromatic carbocycles. The summed E-state index contributed by atoms with van der Waals surface area (Å²) in [6, 6.07) is -0.351. The van der Waals surface area contributed by atoms with Crippen molar-refractivity contribution in [2.45, 2.75) is 50.2 Å². The number of carbonyl (C=O) groups excluding carboxylic acids is 1. The third-order valence-corrected chi connectivity index (χ3v) is 3.86. The summed E-state index contributed by atoms with van der Waals surface area (Å²) in [5, 5.41) is 14.6. The van der Waals surface area contributed by atoms with E-state index in [2.05, 4.69) is 10.6 Å². The maximum atomic E-state index is 12.0. The Labute approximate surface area is 125 Å². The molecule has 1 aliphatic carbocycles. The lowest BCUT2D eigenvalue weighted by molar-refractivity contribution is -0.139. The molecule has 7 nitrogen and oxygen atoms in total. The average molecular weight is 302 g/mol. The number of ether oxygens (including phenoxy) is 2. The molecule has 1 atom stereocenters. The van der Waals surface area contributed by atoms with Gasteiger partial charge in [0, 0.05) is 20.8 Å². The van der Waals surface area contributed by atoms with Crippen LogP contribution in [0.25, 0.3) is 0 Å². The van der Waals surface area contributed by atoms with Gasteiger partial charge in [0.25, 0.3) is 0 Å². The summed E-state index contributed by atoms with van der Waals surface area (Å²) < 4.78 is 10.1. The zero-order chi connectivity index (χ0) is 15.7. The number of amides is 2. The molecule has 21 heavy (non-hydrogen) atoms. The molecule has 122 valence electrons. The molecular formula is C14H26N2O5. The molecular weight excluding hydrogens is 276 g/mol. The highest BCUT2D eigenvalue weighted by atomic mass is 16.5. The predicted molar refractivity (Wildman–Crippen MR) is 77.3 cm³/mol. The minimum Gasteiger partial charge on any atom is -0.481 e. The van der Waals surface area contributed by atoms with Gasteiger partial charge in [-0.2, -0.15) is 0 Å². The molecule has 2 amide bonds. The number of hydrogen-bond donors (Lipinski definition) is 3. The van der Waals surface area contributed by atoms with Crippen LogP contribution in [0, 0.1) is 0 Å². The van der Waals surface area contributed by atoms with Crippen LogP contribution in [-0.2, 0) is 14.3 Å². The Morgan fingerprint density at radius 2 is 1.90 bits per heavy atom. The van der Waals surface area contributed by atoms with E-state index < -0.39 is 11.5 Å². The van der Waals surface area contributed by atoms with Gasteiger partial charge in [0.05, 0.1) is 24.7 Å². The number of carboxylic acids is 1. The number of urea groups is 1. The van der Waals surface area contributed by atoms with Gasteiger partial charge in [-0.1, -0.05) is 19.3 Å². The van der Waals surface area contributed by atoms with Gasteiger partial charge in [-0.15, -0.1) is 0 Å². The normalized spacial score (nSPS) is 18.8.